The third kappa shape index (κ3) is 5.26. The predicted molar refractivity (Wildman–Crippen MR) is 129 cm³/mol. The molecule has 12 heteroatoms. The number of anilines is 1. The molecule has 36 heavy (non-hydrogen) atoms. The maximum absolute atomic E-state index is 13.0. The molecule has 1 fully saturated rings. The Morgan fingerprint density at radius 3 is 2.44 bits per heavy atom. The van der Waals surface area contributed by atoms with E-state index < -0.39 is 11.9 Å². The highest BCUT2D eigenvalue weighted by molar-refractivity contribution is 6.25. The van der Waals surface area contributed by atoms with Gasteiger partial charge in [-0.15, -0.1) is 0 Å². The second-order valence-corrected chi connectivity index (χ2v) is 8.32. The van der Waals surface area contributed by atoms with E-state index >= 15 is 0 Å². The molecule has 0 amide bonds. The number of aliphatic imine (C=N–C) groups is 1. The van der Waals surface area contributed by atoms with Gasteiger partial charge in [0.15, 0.2) is 17.4 Å². The number of hydrogen-bond acceptors (Lipinski definition) is 8. The summed E-state index contributed by atoms with van der Waals surface area (Å²) in [5.74, 6) is 1.08. The second kappa shape index (κ2) is 9.88. The van der Waals surface area contributed by atoms with Crippen LogP contribution in [0.15, 0.2) is 47.5 Å². The van der Waals surface area contributed by atoms with Gasteiger partial charge in [-0.1, -0.05) is 24.3 Å². The van der Waals surface area contributed by atoms with E-state index in [-0.39, 0.29) is 41.6 Å². The molecule has 0 unspecified atom stereocenters. The van der Waals surface area contributed by atoms with Crippen LogP contribution >= 0.6 is 0 Å². The molecule has 1 aromatic carbocycles. The largest absolute Gasteiger partial charge is 0.482 e. The van der Waals surface area contributed by atoms with Crippen LogP contribution in [0.25, 0.3) is 17.0 Å². The Kier molecular flexibility index (Phi) is 6.86. The summed E-state index contributed by atoms with van der Waals surface area (Å²) in [4.78, 5) is 16.9. The van der Waals surface area contributed by atoms with Crippen molar-refractivity contribution in [1.29, 1.82) is 0 Å². The maximum atomic E-state index is 13.0. The zero-order valence-electron chi connectivity index (χ0n) is 20.0. The predicted octanol–water partition coefficient (Wildman–Crippen LogP) is 3.81. The fourth-order valence-corrected chi connectivity index (χ4v) is 3.69. The summed E-state index contributed by atoms with van der Waals surface area (Å²) < 4.78 is 51.3. The minimum absolute atomic E-state index is 0.117. The third-order valence-corrected chi connectivity index (χ3v) is 5.69. The maximum Gasteiger partial charge on any atom is 0.434 e. The first-order chi connectivity index (χ1) is 17.1. The van der Waals surface area contributed by atoms with Crippen LogP contribution in [0, 0.1) is 5.92 Å². The van der Waals surface area contributed by atoms with Crippen LogP contribution in [-0.2, 0) is 24.6 Å². The molecule has 1 saturated carbocycles. The molecule has 190 valence electrons. The lowest BCUT2D eigenvalue weighted by Crippen LogP contribution is -2.16. The van der Waals surface area contributed by atoms with E-state index in [1.807, 2.05) is 0 Å². The Labute approximate surface area is 205 Å². The molecule has 1 aliphatic rings. The zero-order chi connectivity index (χ0) is 26.0. The fraction of sp³-hybridized carbons (Fsp3) is 0.333. The fourth-order valence-electron chi connectivity index (χ4n) is 3.69. The van der Waals surface area contributed by atoms with E-state index in [4.69, 9.17) is 20.9 Å². The third-order valence-electron chi connectivity index (χ3n) is 5.69. The minimum atomic E-state index is -4.51. The van der Waals surface area contributed by atoms with E-state index in [9.17, 15) is 13.2 Å². The van der Waals surface area contributed by atoms with Crippen LogP contribution in [0.1, 0.15) is 29.9 Å². The Balaban J connectivity index is 1.53. The molecule has 0 radical (unpaired) electrons. The second-order valence-electron chi connectivity index (χ2n) is 8.32. The van der Waals surface area contributed by atoms with Crippen molar-refractivity contribution in [2.45, 2.75) is 25.6 Å². The normalized spacial score (nSPS) is 15.0. The van der Waals surface area contributed by atoms with Crippen molar-refractivity contribution in [1.82, 2.24) is 19.5 Å². The van der Waals surface area contributed by atoms with Crippen molar-refractivity contribution in [3.05, 3.63) is 59.6 Å². The number of hydrogen-bond donors (Lipinski definition) is 2. The summed E-state index contributed by atoms with van der Waals surface area (Å²) in [5.41, 5.74) is 14.0. The van der Waals surface area contributed by atoms with Crippen molar-refractivity contribution in [3.63, 3.8) is 0 Å². The number of nitrogens with two attached hydrogens (primary N) is 2. The Bertz CT molecular complexity index is 1310. The lowest BCUT2D eigenvalue weighted by molar-refractivity contribution is -0.140. The van der Waals surface area contributed by atoms with Crippen molar-refractivity contribution < 1.29 is 22.6 Å². The first-order valence-corrected chi connectivity index (χ1v) is 11.1. The summed E-state index contributed by atoms with van der Waals surface area (Å²) in [5, 5.41) is 0. The van der Waals surface area contributed by atoms with Gasteiger partial charge in [-0.2, -0.15) is 18.2 Å². The van der Waals surface area contributed by atoms with Crippen LogP contribution in [-0.4, -0.2) is 39.4 Å². The monoisotopic (exact) mass is 501 g/mol. The summed E-state index contributed by atoms with van der Waals surface area (Å²) in [6.07, 6.45) is -0.123. The average Bonchev–Trinajstić information content (AvgIpc) is 3.61. The van der Waals surface area contributed by atoms with Gasteiger partial charge >= 0.3 is 6.18 Å². The minimum Gasteiger partial charge on any atom is -0.482 e. The lowest BCUT2D eigenvalue weighted by Gasteiger charge is -2.14. The molecule has 9 nitrogen and oxygen atoms in total. The molecular weight excluding hydrogens is 475 g/mol. The van der Waals surface area contributed by atoms with Crippen LogP contribution in [0.5, 0.6) is 5.88 Å². The average molecular weight is 502 g/mol. The number of aromatic nitrogens is 4. The van der Waals surface area contributed by atoms with Gasteiger partial charge in [0.1, 0.15) is 23.7 Å². The van der Waals surface area contributed by atoms with Crippen LogP contribution in [0.2, 0.25) is 0 Å². The highest BCUT2D eigenvalue weighted by Gasteiger charge is 2.35. The molecule has 0 atom stereocenters. The lowest BCUT2D eigenvalue weighted by atomic mass is 10.1. The number of ether oxygens (including phenoxy) is 2. The van der Waals surface area contributed by atoms with E-state index in [0.29, 0.717) is 11.1 Å². The SMILES string of the molecule is CN=C(C(=C(N)OC)c1ncc(N)c(OCc2ccc(-c3nc(C(F)(F)F)cn3C)cc2)n1)C1CC1. The molecule has 0 spiro atoms. The summed E-state index contributed by atoms with van der Waals surface area (Å²) in [6.45, 7) is 0.117. The van der Waals surface area contributed by atoms with Gasteiger partial charge in [-0.3, -0.25) is 4.99 Å². The van der Waals surface area contributed by atoms with Gasteiger partial charge < -0.3 is 25.5 Å². The summed E-state index contributed by atoms with van der Waals surface area (Å²) in [6, 6.07) is 6.82. The number of methoxy groups -OCH3 is 1. The molecule has 0 saturated heterocycles. The van der Waals surface area contributed by atoms with Crippen LogP contribution in [0.3, 0.4) is 0 Å². The van der Waals surface area contributed by atoms with Gasteiger partial charge in [0, 0.05) is 31.8 Å². The molecule has 0 aliphatic heterocycles. The standard InChI is InChI=1S/C24H26F3N7O2/c1-30-19(14-8-9-14)18(20(29)35-3)21-31-10-16(28)23(33-21)36-12-13-4-6-15(7-5-13)22-32-17(11-34(22)2)24(25,26)27/h4-7,10-11,14H,8-9,12,28-29H2,1-3H3. The van der Waals surface area contributed by atoms with Crippen LogP contribution < -0.4 is 16.2 Å². The van der Waals surface area contributed by atoms with Crippen molar-refractivity contribution >= 4 is 17.0 Å². The van der Waals surface area contributed by atoms with E-state index in [1.165, 1.54) is 24.9 Å². The highest BCUT2D eigenvalue weighted by Crippen LogP contribution is 2.37. The molecular formula is C24H26F3N7O2. The number of rotatable bonds is 8. The Hall–Kier alpha value is -4.09. The molecule has 2 heterocycles. The van der Waals surface area contributed by atoms with Crippen molar-refractivity contribution in [3.8, 4) is 17.3 Å². The summed E-state index contributed by atoms with van der Waals surface area (Å²) >= 11 is 0. The first kappa shape index (κ1) is 25.0. The number of alkyl halides is 3. The van der Waals surface area contributed by atoms with Gasteiger partial charge in [0.2, 0.25) is 5.88 Å². The molecule has 3 aromatic rings. The first-order valence-electron chi connectivity index (χ1n) is 11.1. The molecule has 4 rings (SSSR count). The number of imidazole rings is 1. The number of halogens is 3. The van der Waals surface area contributed by atoms with E-state index in [0.717, 1.165) is 30.3 Å². The van der Waals surface area contributed by atoms with Gasteiger partial charge in [0.05, 0.1) is 19.0 Å². The van der Waals surface area contributed by atoms with Gasteiger partial charge in [-0.05, 0) is 18.4 Å². The number of nitrogens with zero attached hydrogens (tertiary/aromatic N) is 5. The molecule has 1 aliphatic carbocycles. The van der Waals surface area contributed by atoms with Crippen molar-refractivity contribution in [2.24, 2.45) is 23.7 Å². The molecule has 2 aromatic heterocycles. The molecule has 4 N–H and O–H groups in total. The van der Waals surface area contributed by atoms with Gasteiger partial charge in [-0.25, -0.2) is 9.97 Å². The van der Waals surface area contributed by atoms with Crippen LogP contribution in [0.4, 0.5) is 18.9 Å². The number of allylic oxidation sites excluding steroid dienone is 1. The molecule has 0 bridgehead atoms. The number of aryl methyl sites for hydroxylation is 1. The highest BCUT2D eigenvalue weighted by atomic mass is 19.4. The quantitative estimate of drug-likeness (QED) is 0.355. The summed E-state index contributed by atoms with van der Waals surface area (Å²) in [7, 11) is 4.66. The van der Waals surface area contributed by atoms with E-state index in [2.05, 4.69) is 19.9 Å². The smallest absolute Gasteiger partial charge is 0.434 e. The van der Waals surface area contributed by atoms with Gasteiger partial charge in [0.25, 0.3) is 0 Å². The Morgan fingerprint density at radius 1 is 1.19 bits per heavy atom. The number of nitrogen functional groups attached to an aromatic ring is 1. The van der Waals surface area contributed by atoms with Crippen molar-refractivity contribution in [2.75, 3.05) is 19.9 Å². The van der Waals surface area contributed by atoms with E-state index in [1.54, 1.807) is 31.3 Å². The number of benzene rings is 1. The zero-order valence-corrected chi connectivity index (χ0v) is 20.0. The topological polar surface area (TPSA) is 126 Å². The Morgan fingerprint density at radius 2 is 1.89 bits per heavy atom.